The van der Waals surface area contributed by atoms with Gasteiger partial charge in [-0.15, -0.1) is 0 Å². The molecule has 0 aliphatic rings. The van der Waals surface area contributed by atoms with Gasteiger partial charge in [0.15, 0.2) is 0 Å². The van der Waals surface area contributed by atoms with Crippen LogP contribution < -0.4 is 10.5 Å². The van der Waals surface area contributed by atoms with E-state index < -0.39 is 5.54 Å². The summed E-state index contributed by atoms with van der Waals surface area (Å²) in [6, 6.07) is 10.4. The second kappa shape index (κ2) is 7.81. The largest absolute Gasteiger partial charge is 0.494 e. The molecule has 0 saturated carbocycles. The normalized spacial score (nSPS) is 13.6. The molecule has 0 saturated heterocycles. The maximum atomic E-state index is 8.79. The van der Waals surface area contributed by atoms with Crippen molar-refractivity contribution in [1.82, 2.24) is 0 Å². The molecule has 0 aliphatic heterocycles. The zero-order chi connectivity index (χ0) is 14.1. The van der Waals surface area contributed by atoms with Crippen molar-refractivity contribution in [1.29, 1.82) is 5.26 Å². The Bertz CT molecular complexity index is 404. The number of nitrogens with two attached hydrogens (primary N) is 1. The summed E-state index contributed by atoms with van der Waals surface area (Å²) in [5.74, 6) is 0.913. The lowest BCUT2D eigenvalue weighted by molar-refractivity contribution is 0.300. The van der Waals surface area contributed by atoms with Gasteiger partial charge in [-0.2, -0.15) is 5.26 Å². The highest BCUT2D eigenvalue weighted by molar-refractivity contribution is 5.27. The molecule has 3 nitrogen and oxygen atoms in total. The van der Waals surface area contributed by atoms with Gasteiger partial charge in [-0.1, -0.05) is 25.5 Å². The molecule has 1 aromatic carbocycles. The first-order valence-electron chi connectivity index (χ1n) is 6.99. The smallest absolute Gasteiger partial charge is 0.119 e. The van der Waals surface area contributed by atoms with Crippen LogP contribution in [0.3, 0.4) is 0 Å². The van der Waals surface area contributed by atoms with Crippen molar-refractivity contribution >= 4 is 0 Å². The van der Waals surface area contributed by atoms with E-state index in [4.69, 9.17) is 15.7 Å². The van der Waals surface area contributed by atoms with Crippen molar-refractivity contribution in [3.8, 4) is 11.8 Å². The molecule has 0 aliphatic carbocycles. The average Bonchev–Trinajstić information content (AvgIpc) is 2.40. The van der Waals surface area contributed by atoms with E-state index in [0.717, 1.165) is 31.4 Å². The first-order valence-corrected chi connectivity index (χ1v) is 6.99. The minimum Gasteiger partial charge on any atom is -0.494 e. The number of rotatable bonds is 8. The number of nitrogens with zero attached hydrogens (tertiary/aromatic N) is 1. The Hall–Kier alpha value is -1.53. The Morgan fingerprint density at radius 3 is 2.53 bits per heavy atom. The van der Waals surface area contributed by atoms with Gasteiger partial charge < -0.3 is 10.5 Å². The molecule has 0 amide bonds. The Morgan fingerprint density at radius 2 is 1.95 bits per heavy atom. The van der Waals surface area contributed by atoms with Crippen LogP contribution >= 0.6 is 0 Å². The van der Waals surface area contributed by atoms with Gasteiger partial charge in [0, 0.05) is 0 Å². The van der Waals surface area contributed by atoms with Crippen LogP contribution in [-0.4, -0.2) is 12.1 Å². The molecule has 1 rings (SSSR count). The third-order valence-corrected chi connectivity index (χ3v) is 3.08. The SMILES string of the molecule is CCCc1ccc(OCCCCC(C)(N)C#N)cc1. The molecular formula is C16H24N2O. The molecule has 1 unspecified atom stereocenters. The van der Waals surface area contributed by atoms with E-state index in [1.54, 1.807) is 6.92 Å². The molecular weight excluding hydrogens is 236 g/mol. The summed E-state index contributed by atoms with van der Waals surface area (Å²) in [6.07, 6.45) is 4.82. The summed E-state index contributed by atoms with van der Waals surface area (Å²) in [5, 5.41) is 8.79. The quantitative estimate of drug-likeness (QED) is 0.728. The topological polar surface area (TPSA) is 59.0 Å². The molecule has 1 atom stereocenters. The van der Waals surface area contributed by atoms with Gasteiger partial charge in [0.05, 0.1) is 12.7 Å². The summed E-state index contributed by atoms with van der Waals surface area (Å²) < 4.78 is 5.66. The predicted octanol–water partition coefficient (Wildman–Crippen LogP) is 3.43. The van der Waals surface area contributed by atoms with Gasteiger partial charge in [-0.25, -0.2) is 0 Å². The Morgan fingerprint density at radius 1 is 1.26 bits per heavy atom. The number of aryl methyl sites for hydroxylation is 1. The minimum absolute atomic E-state index is 0.675. The second-order valence-electron chi connectivity index (χ2n) is 5.23. The lowest BCUT2D eigenvalue weighted by Crippen LogP contribution is -2.33. The van der Waals surface area contributed by atoms with E-state index >= 15 is 0 Å². The lowest BCUT2D eigenvalue weighted by atomic mass is 9.98. The lowest BCUT2D eigenvalue weighted by Gasteiger charge is -2.14. The first kappa shape index (κ1) is 15.5. The van der Waals surface area contributed by atoms with Crippen LogP contribution in [0.2, 0.25) is 0 Å². The molecule has 0 spiro atoms. The Kier molecular flexibility index (Phi) is 6.38. The van der Waals surface area contributed by atoms with Gasteiger partial charge in [-0.3, -0.25) is 0 Å². The average molecular weight is 260 g/mol. The van der Waals surface area contributed by atoms with Crippen LogP contribution in [0.15, 0.2) is 24.3 Å². The van der Waals surface area contributed by atoms with E-state index in [0.29, 0.717) is 13.0 Å². The first-order chi connectivity index (χ1) is 9.07. The summed E-state index contributed by atoms with van der Waals surface area (Å²) in [6.45, 7) is 4.62. The molecule has 0 fully saturated rings. The fourth-order valence-corrected chi connectivity index (χ4v) is 1.88. The Labute approximate surface area is 116 Å². The maximum absolute atomic E-state index is 8.79. The molecule has 104 valence electrons. The summed E-state index contributed by atoms with van der Waals surface area (Å²) in [4.78, 5) is 0. The standard InChI is InChI=1S/C16H24N2O/c1-3-6-14-7-9-15(10-8-14)19-12-5-4-11-16(2,18)13-17/h7-10H,3-6,11-12,18H2,1-2H3. The van der Waals surface area contributed by atoms with Gasteiger partial charge in [0.1, 0.15) is 11.3 Å². The van der Waals surface area contributed by atoms with Crippen molar-refractivity contribution in [3.05, 3.63) is 29.8 Å². The van der Waals surface area contributed by atoms with Crippen molar-refractivity contribution in [2.75, 3.05) is 6.61 Å². The summed E-state index contributed by atoms with van der Waals surface area (Å²) in [5.41, 5.74) is 6.40. The van der Waals surface area contributed by atoms with Gasteiger partial charge in [0.25, 0.3) is 0 Å². The Balaban J connectivity index is 2.21. The minimum atomic E-state index is -0.707. The number of hydrogen-bond donors (Lipinski definition) is 1. The zero-order valence-corrected chi connectivity index (χ0v) is 12.0. The number of hydrogen-bond acceptors (Lipinski definition) is 3. The highest BCUT2D eigenvalue weighted by Gasteiger charge is 2.15. The van der Waals surface area contributed by atoms with Crippen LogP contribution in [0, 0.1) is 11.3 Å². The van der Waals surface area contributed by atoms with Gasteiger partial charge >= 0.3 is 0 Å². The fourth-order valence-electron chi connectivity index (χ4n) is 1.88. The molecule has 0 heterocycles. The number of benzene rings is 1. The number of nitriles is 1. The molecule has 0 aromatic heterocycles. The van der Waals surface area contributed by atoms with E-state index in [9.17, 15) is 0 Å². The van der Waals surface area contributed by atoms with Crippen LogP contribution in [-0.2, 0) is 6.42 Å². The molecule has 1 aromatic rings. The van der Waals surface area contributed by atoms with Crippen LogP contribution in [0.4, 0.5) is 0 Å². The highest BCUT2D eigenvalue weighted by atomic mass is 16.5. The molecule has 0 radical (unpaired) electrons. The third kappa shape index (κ3) is 6.26. The summed E-state index contributed by atoms with van der Waals surface area (Å²) >= 11 is 0. The zero-order valence-electron chi connectivity index (χ0n) is 12.0. The fraction of sp³-hybridized carbons (Fsp3) is 0.562. The molecule has 2 N–H and O–H groups in total. The van der Waals surface area contributed by atoms with Crippen molar-refractivity contribution in [2.24, 2.45) is 5.73 Å². The second-order valence-corrected chi connectivity index (χ2v) is 5.23. The third-order valence-electron chi connectivity index (χ3n) is 3.08. The van der Waals surface area contributed by atoms with Crippen LogP contribution in [0.1, 0.15) is 45.1 Å². The molecule has 0 bridgehead atoms. The van der Waals surface area contributed by atoms with Crippen molar-refractivity contribution < 1.29 is 4.74 Å². The summed E-state index contributed by atoms with van der Waals surface area (Å²) in [7, 11) is 0. The van der Waals surface area contributed by atoms with Crippen molar-refractivity contribution in [3.63, 3.8) is 0 Å². The molecule has 3 heteroatoms. The number of unbranched alkanes of at least 4 members (excludes halogenated alkanes) is 1. The van der Waals surface area contributed by atoms with E-state index in [-0.39, 0.29) is 0 Å². The van der Waals surface area contributed by atoms with E-state index in [1.807, 2.05) is 12.1 Å². The van der Waals surface area contributed by atoms with Gasteiger partial charge in [-0.05, 0) is 50.3 Å². The highest BCUT2D eigenvalue weighted by Crippen LogP contribution is 2.15. The number of ether oxygens (including phenoxy) is 1. The predicted molar refractivity (Wildman–Crippen MR) is 78.0 cm³/mol. The van der Waals surface area contributed by atoms with Crippen molar-refractivity contribution in [2.45, 2.75) is 51.5 Å². The van der Waals surface area contributed by atoms with Gasteiger partial charge in [0.2, 0.25) is 0 Å². The molecule has 19 heavy (non-hydrogen) atoms. The van der Waals surface area contributed by atoms with Crippen LogP contribution in [0.5, 0.6) is 5.75 Å². The van der Waals surface area contributed by atoms with E-state index in [2.05, 4.69) is 25.1 Å². The van der Waals surface area contributed by atoms with E-state index in [1.165, 1.54) is 5.56 Å². The monoisotopic (exact) mass is 260 g/mol. The maximum Gasteiger partial charge on any atom is 0.119 e. The van der Waals surface area contributed by atoms with Crippen LogP contribution in [0.25, 0.3) is 0 Å².